The van der Waals surface area contributed by atoms with Gasteiger partial charge in [-0.05, 0) is 6.92 Å². The number of aryl methyl sites for hydroxylation is 1. The second-order valence-corrected chi connectivity index (χ2v) is 2.07. The van der Waals surface area contributed by atoms with Crippen molar-refractivity contribution in [3.05, 3.63) is 11.3 Å². The highest BCUT2D eigenvalue weighted by Gasteiger charge is 2.01. The van der Waals surface area contributed by atoms with Crippen LogP contribution in [-0.2, 0) is 0 Å². The van der Waals surface area contributed by atoms with Crippen molar-refractivity contribution in [2.45, 2.75) is 6.92 Å². The number of aromatic nitrogens is 2. The molecule has 4 heteroatoms. The maximum Gasteiger partial charge on any atom is 0.161 e. The number of rotatable bonds is 0. The van der Waals surface area contributed by atoms with Gasteiger partial charge in [-0.3, -0.25) is 5.10 Å². The lowest BCUT2D eigenvalue weighted by molar-refractivity contribution is 0.350. The number of anilines is 1. The van der Waals surface area contributed by atoms with E-state index in [1.54, 1.807) is 0 Å². The molecule has 1 aromatic rings. The van der Waals surface area contributed by atoms with E-state index in [4.69, 9.17) is 10.8 Å². The molecule has 0 aliphatic carbocycles. The molecule has 0 aromatic carbocycles. The molecule has 0 saturated heterocycles. The quantitative estimate of drug-likeness (QED) is 0.443. The molecule has 11 heavy (non-hydrogen) atoms. The Bertz CT molecular complexity index is 286. The molecule has 0 radical (unpaired) electrons. The fourth-order valence-electron chi connectivity index (χ4n) is 0.734. The van der Waals surface area contributed by atoms with Crippen LogP contribution in [0.15, 0.2) is 0 Å². The zero-order valence-electron chi connectivity index (χ0n) is 6.18. The van der Waals surface area contributed by atoms with Crippen LogP contribution in [0.3, 0.4) is 0 Å². The Balaban J connectivity index is 3.01. The predicted octanol–water partition coefficient (Wildman–Crippen LogP) is -0.356. The van der Waals surface area contributed by atoms with Gasteiger partial charge in [-0.1, -0.05) is 11.8 Å². The molecule has 0 unspecified atom stereocenters. The molecule has 4 N–H and O–H groups in total. The highest BCUT2D eigenvalue weighted by Crippen LogP contribution is 2.09. The van der Waals surface area contributed by atoms with E-state index in [1.165, 1.54) is 0 Å². The van der Waals surface area contributed by atoms with Gasteiger partial charge in [0, 0.05) is 5.69 Å². The number of H-pyrrole nitrogens is 1. The molecule has 0 amide bonds. The summed E-state index contributed by atoms with van der Waals surface area (Å²) in [5.74, 6) is 5.57. The summed E-state index contributed by atoms with van der Waals surface area (Å²) in [4.78, 5) is 0. The van der Waals surface area contributed by atoms with Crippen LogP contribution in [0.4, 0.5) is 5.82 Å². The lowest BCUT2D eigenvalue weighted by Gasteiger charge is -1.85. The van der Waals surface area contributed by atoms with Crippen molar-refractivity contribution in [2.75, 3.05) is 12.3 Å². The third-order valence-corrected chi connectivity index (χ3v) is 1.27. The topological polar surface area (TPSA) is 74.9 Å². The Morgan fingerprint density at radius 3 is 2.91 bits per heavy atom. The van der Waals surface area contributed by atoms with E-state index in [1.807, 2.05) is 6.92 Å². The van der Waals surface area contributed by atoms with Crippen LogP contribution in [0.1, 0.15) is 11.3 Å². The first-order valence-corrected chi connectivity index (χ1v) is 3.16. The molecule has 0 bridgehead atoms. The Kier molecular flexibility index (Phi) is 2.14. The number of nitrogens with two attached hydrogens (primary N) is 1. The maximum atomic E-state index is 8.40. The van der Waals surface area contributed by atoms with E-state index < -0.39 is 0 Å². The summed E-state index contributed by atoms with van der Waals surface area (Å²) in [7, 11) is 0. The Hall–Kier alpha value is -1.47. The van der Waals surface area contributed by atoms with Gasteiger partial charge in [-0.2, -0.15) is 5.10 Å². The SMILES string of the molecule is Cc1[nH]nc(N)c1C#CCO. The summed E-state index contributed by atoms with van der Waals surface area (Å²) in [5.41, 5.74) is 6.94. The summed E-state index contributed by atoms with van der Waals surface area (Å²) in [5, 5.41) is 14.8. The summed E-state index contributed by atoms with van der Waals surface area (Å²) < 4.78 is 0. The van der Waals surface area contributed by atoms with Crippen LogP contribution in [0, 0.1) is 18.8 Å². The van der Waals surface area contributed by atoms with Gasteiger partial charge in [-0.25, -0.2) is 0 Å². The molecular weight excluding hydrogens is 142 g/mol. The first-order chi connectivity index (χ1) is 5.25. The molecule has 0 aliphatic rings. The molecule has 1 heterocycles. The smallest absolute Gasteiger partial charge is 0.161 e. The van der Waals surface area contributed by atoms with Crippen LogP contribution in [-0.4, -0.2) is 21.9 Å². The van der Waals surface area contributed by atoms with Gasteiger partial charge in [0.25, 0.3) is 0 Å². The summed E-state index contributed by atoms with van der Waals surface area (Å²) in [6.45, 7) is 1.66. The van der Waals surface area contributed by atoms with Crippen molar-refractivity contribution in [3.63, 3.8) is 0 Å². The number of nitrogens with zero attached hydrogens (tertiary/aromatic N) is 1. The van der Waals surface area contributed by atoms with Crippen molar-refractivity contribution in [1.29, 1.82) is 0 Å². The van der Waals surface area contributed by atoms with Gasteiger partial charge < -0.3 is 10.8 Å². The van der Waals surface area contributed by atoms with E-state index in [9.17, 15) is 0 Å². The number of nitrogens with one attached hydrogen (secondary N) is 1. The van der Waals surface area contributed by atoms with Crippen molar-refractivity contribution in [2.24, 2.45) is 0 Å². The molecule has 0 saturated carbocycles. The second kappa shape index (κ2) is 3.08. The largest absolute Gasteiger partial charge is 0.384 e. The number of aliphatic hydroxyl groups excluding tert-OH is 1. The summed E-state index contributed by atoms with van der Waals surface area (Å²) in [6.07, 6.45) is 0. The summed E-state index contributed by atoms with van der Waals surface area (Å²) in [6, 6.07) is 0. The lowest BCUT2D eigenvalue weighted by atomic mass is 10.2. The molecular formula is C7H9N3O. The average Bonchev–Trinajstić information content (AvgIpc) is 2.29. The minimum absolute atomic E-state index is 0.163. The molecule has 58 valence electrons. The average molecular weight is 151 g/mol. The van der Waals surface area contributed by atoms with Crippen molar-refractivity contribution in [1.82, 2.24) is 10.2 Å². The van der Waals surface area contributed by atoms with Crippen molar-refractivity contribution >= 4 is 5.82 Å². The number of aromatic amines is 1. The van der Waals surface area contributed by atoms with Crippen LogP contribution in [0.25, 0.3) is 0 Å². The normalized spacial score (nSPS) is 8.91. The molecule has 1 rings (SSSR count). The van der Waals surface area contributed by atoms with Gasteiger partial charge in [0.05, 0.1) is 5.56 Å². The monoisotopic (exact) mass is 151 g/mol. The lowest BCUT2D eigenvalue weighted by Crippen LogP contribution is -1.88. The fraction of sp³-hybridized carbons (Fsp3) is 0.286. The Labute approximate surface area is 64.4 Å². The molecule has 4 nitrogen and oxygen atoms in total. The maximum absolute atomic E-state index is 8.40. The molecule has 0 spiro atoms. The fourth-order valence-corrected chi connectivity index (χ4v) is 0.734. The number of hydrogen-bond acceptors (Lipinski definition) is 3. The van der Waals surface area contributed by atoms with E-state index in [2.05, 4.69) is 22.0 Å². The van der Waals surface area contributed by atoms with Gasteiger partial charge in [0.2, 0.25) is 0 Å². The first kappa shape index (κ1) is 7.63. The molecule has 0 aliphatic heterocycles. The predicted molar refractivity (Wildman–Crippen MR) is 41.7 cm³/mol. The number of hydrogen-bond donors (Lipinski definition) is 3. The van der Waals surface area contributed by atoms with Crippen LogP contribution in [0.2, 0.25) is 0 Å². The zero-order chi connectivity index (χ0) is 8.27. The third-order valence-electron chi connectivity index (χ3n) is 1.27. The third kappa shape index (κ3) is 1.51. The van der Waals surface area contributed by atoms with Crippen LogP contribution in [0.5, 0.6) is 0 Å². The minimum atomic E-state index is -0.163. The molecule has 0 fully saturated rings. The molecule has 0 atom stereocenters. The van der Waals surface area contributed by atoms with Crippen molar-refractivity contribution < 1.29 is 5.11 Å². The number of nitrogen functional groups attached to an aromatic ring is 1. The second-order valence-electron chi connectivity index (χ2n) is 2.07. The van der Waals surface area contributed by atoms with Crippen LogP contribution >= 0.6 is 0 Å². The standard InChI is InChI=1S/C7H9N3O/c1-5-6(3-2-4-11)7(8)10-9-5/h11H,4H2,1H3,(H3,8,9,10). The van der Waals surface area contributed by atoms with Gasteiger partial charge in [0.15, 0.2) is 5.82 Å². The van der Waals surface area contributed by atoms with Crippen molar-refractivity contribution in [3.8, 4) is 11.8 Å². The highest BCUT2D eigenvalue weighted by atomic mass is 16.2. The van der Waals surface area contributed by atoms with Gasteiger partial charge >= 0.3 is 0 Å². The van der Waals surface area contributed by atoms with Gasteiger partial charge in [0.1, 0.15) is 6.61 Å². The van der Waals surface area contributed by atoms with E-state index in [0.717, 1.165) is 5.69 Å². The van der Waals surface area contributed by atoms with Crippen LogP contribution < -0.4 is 5.73 Å². The Morgan fingerprint density at radius 2 is 2.45 bits per heavy atom. The minimum Gasteiger partial charge on any atom is -0.384 e. The Morgan fingerprint density at radius 1 is 1.73 bits per heavy atom. The van der Waals surface area contributed by atoms with Gasteiger partial charge in [-0.15, -0.1) is 0 Å². The first-order valence-electron chi connectivity index (χ1n) is 3.16. The highest BCUT2D eigenvalue weighted by molar-refractivity contribution is 5.52. The summed E-state index contributed by atoms with van der Waals surface area (Å²) >= 11 is 0. The van der Waals surface area contributed by atoms with E-state index >= 15 is 0 Å². The number of aliphatic hydroxyl groups is 1. The van der Waals surface area contributed by atoms with E-state index in [0.29, 0.717) is 11.4 Å². The molecule has 1 aromatic heterocycles. The zero-order valence-corrected chi connectivity index (χ0v) is 6.18. The van der Waals surface area contributed by atoms with E-state index in [-0.39, 0.29) is 6.61 Å².